The molecule has 1 aliphatic carbocycles. The van der Waals surface area contributed by atoms with Gasteiger partial charge in [0.15, 0.2) is 11.3 Å². The second-order valence-electron chi connectivity index (χ2n) is 4.20. The SMILES string of the molecule is C=CC1CCc2ccc(OC)c3occ1c23. The van der Waals surface area contributed by atoms with Crippen LogP contribution in [0.5, 0.6) is 5.75 Å². The molecule has 0 saturated carbocycles. The third-order valence-corrected chi connectivity index (χ3v) is 3.43. The van der Waals surface area contributed by atoms with Gasteiger partial charge in [-0.15, -0.1) is 6.58 Å². The zero-order chi connectivity index (χ0) is 11.1. The third kappa shape index (κ3) is 1.13. The van der Waals surface area contributed by atoms with Gasteiger partial charge >= 0.3 is 0 Å². The summed E-state index contributed by atoms with van der Waals surface area (Å²) in [6.07, 6.45) is 6.07. The fourth-order valence-corrected chi connectivity index (χ4v) is 2.57. The predicted octanol–water partition coefficient (Wildman–Crippen LogP) is 3.66. The van der Waals surface area contributed by atoms with Gasteiger partial charge < -0.3 is 9.15 Å². The third-order valence-electron chi connectivity index (χ3n) is 3.43. The van der Waals surface area contributed by atoms with E-state index in [1.807, 2.05) is 18.4 Å². The van der Waals surface area contributed by atoms with Crippen LogP contribution in [0.4, 0.5) is 0 Å². The smallest absolute Gasteiger partial charge is 0.176 e. The Bertz CT molecular complexity index is 551. The normalized spacial score (nSPS) is 18.7. The number of furan rings is 1. The molecule has 82 valence electrons. The second kappa shape index (κ2) is 3.41. The molecule has 3 rings (SSSR count). The van der Waals surface area contributed by atoms with Crippen LogP contribution in [0.25, 0.3) is 11.0 Å². The monoisotopic (exact) mass is 214 g/mol. The number of allylic oxidation sites excluding steroid dienone is 1. The van der Waals surface area contributed by atoms with Crippen LogP contribution in [0.15, 0.2) is 35.5 Å². The van der Waals surface area contributed by atoms with Crippen molar-refractivity contribution < 1.29 is 9.15 Å². The van der Waals surface area contributed by atoms with Gasteiger partial charge in [0.05, 0.1) is 13.4 Å². The Balaban J connectivity index is 2.34. The van der Waals surface area contributed by atoms with Crippen LogP contribution in [0.1, 0.15) is 23.5 Å². The van der Waals surface area contributed by atoms with Crippen molar-refractivity contribution >= 4 is 11.0 Å². The lowest BCUT2D eigenvalue weighted by Crippen LogP contribution is -2.04. The van der Waals surface area contributed by atoms with Gasteiger partial charge in [-0.2, -0.15) is 0 Å². The molecule has 1 aromatic carbocycles. The molecule has 0 fully saturated rings. The summed E-state index contributed by atoms with van der Waals surface area (Å²) in [5.74, 6) is 1.23. The lowest BCUT2D eigenvalue weighted by atomic mass is 9.84. The average Bonchev–Trinajstić information content (AvgIpc) is 2.77. The molecule has 2 heteroatoms. The van der Waals surface area contributed by atoms with E-state index in [0.717, 1.165) is 24.2 Å². The number of methoxy groups -OCH3 is 1. The number of rotatable bonds is 2. The maximum absolute atomic E-state index is 5.64. The van der Waals surface area contributed by atoms with Crippen molar-refractivity contribution in [2.45, 2.75) is 18.8 Å². The maximum Gasteiger partial charge on any atom is 0.176 e. The van der Waals surface area contributed by atoms with Crippen molar-refractivity contribution in [1.82, 2.24) is 0 Å². The number of hydrogen-bond acceptors (Lipinski definition) is 2. The van der Waals surface area contributed by atoms with E-state index < -0.39 is 0 Å². The molecular weight excluding hydrogens is 200 g/mol. The van der Waals surface area contributed by atoms with Crippen LogP contribution in [0.3, 0.4) is 0 Å². The first-order valence-electron chi connectivity index (χ1n) is 5.54. The van der Waals surface area contributed by atoms with E-state index in [9.17, 15) is 0 Å². The molecular formula is C14H14O2. The zero-order valence-electron chi connectivity index (χ0n) is 9.32. The minimum absolute atomic E-state index is 0.417. The van der Waals surface area contributed by atoms with Gasteiger partial charge in [-0.3, -0.25) is 0 Å². The van der Waals surface area contributed by atoms with Crippen molar-refractivity contribution in [3.63, 3.8) is 0 Å². The van der Waals surface area contributed by atoms with Gasteiger partial charge in [0, 0.05) is 16.9 Å². The predicted molar refractivity (Wildman–Crippen MR) is 64.0 cm³/mol. The largest absolute Gasteiger partial charge is 0.493 e. The minimum Gasteiger partial charge on any atom is -0.493 e. The topological polar surface area (TPSA) is 22.4 Å². The van der Waals surface area contributed by atoms with Gasteiger partial charge in [0.2, 0.25) is 0 Å². The molecule has 2 aromatic rings. The fourth-order valence-electron chi connectivity index (χ4n) is 2.57. The van der Waals surface area contributed by atoms with Crippen molar-refractivity contribution in [3.8, 4) is 5.75 Å². The minimum atomic E-state index is 0.417. The summed E-state index contributed by atoms with van der Waals surface area (Å²) < 4.78 is 11.0. The van der Waals surface area contributed by atoms with Crippen LogP contribution < -0.4 is 4.74 Å². The second-order valence-corrected chi connectivity index (χ2v) is 4.20. The summed E-state index contributed by atoms with van der Waals surface area (Å²) in [6, 6.07) is 4.12. The van der Waals surface area contributed by atoms with E-state index in [1.54, 1.807) is 7.11 Å². The van der Waals surface area contributed by atoms with Crippen molar-refractivity contribution in [1.29, 1.82) is 0 Å². The van der Waals surface area contributed by atoms with E-state index in [0.29, 0.717) is 5.92 Å². The molecule has 0 aliphatic heterocycles. The highest BCUT2D eigenvalue weighted by molar-refractivity contribution is 5.90. The maximum atomic E-state index is 5.64. The highest BCUT2D eigenvalue weighted by atomic mass is 16.5. The zero-order valence-corrected chi connectivity index (χ0v) is 9.32. The van der Waals surface area contributed by atoms with Gasteiger partial charge in [0.1, 0.15) is 0 Å². The Morgan fingerprint density at radius 2 is 2.38 bits per heavy atom. The summed E-state index contributed by atoms with van der Waals surface area (Å²) in [5, 5.41) is 1.23. The molecule has 1 atom stereocenters. The highest BCUT2D eigenvalue weighted by Crippen LogP contribution is 2.41. The van der Waals surface area contributed by atoms with E-state index in [1.165, 1.54) is 16.5 Å². The standard InChI is InChI=1S/C14H14O2/c1-3-9-4-5-10-6-7-12(15-2)14-13(10)11(9)8-16-14/h3,6-9H,1,4-5H2,2H3. The molecule has 16 heavy (non-hydrogen) atoms. The van der Waals surface area contributed by atoms with Crippen LogP contribution in [-0.2, 0) is 6.42 Å². The number of hydrogen-bond donors (Lipinski definition) is 0. The molecule has 0 bridgehead atoms. The van der Waals surface area contributed by atoms with Crippen LogP contribution in [0, 0.1) is 0 Å². The first-order valence-corrected chi connectivity index (χ1v) is 5.54. The lowest BCUT2D eigenvalue weighted by molar-refractivity contribution is 0.410. The molecule has 1 heterocycles. The first-order chi connectivity index (χ1) is 7.85. The van der Waals surface area contributed by atoms with Gasteiger partial charge in [-0.1, -0.05) is 12.1 Å². The highest BCUT2D eigenvalue weighted by Gasteiger charge is 2.23. The lowest BCUT2D eigenvalue weighted by Gasteiger charge is -2.18. The summed E-state index contributed by atoms with van der Waals surface area (Å²) >= 11 is 0. The van der Waals surface area contributed by atoms with Crippen LogP contribution in [0.2, 0.25) is 0 Å². The summed E-state index contributed by atoms with van der Waals surface area (Å²) in [7, 11) is 1.67. The Morgan fingerprint density at radius 3 is 3.12 bits per heavy atom. The number of benzene rings is 1. The van der Waals surface area contributed by atoms with Gasteiger partial charge in [-0.25, -0.2) is 0 Å². The Labute approximate surface area is 94.5 Å². The molecule has 1 aliphatic rings. The van der Waals surface area contributed by atoms with Gasteiger partial charge in [-0.05, 0) is 24.5 Å². The molecule has 0 amide bonds. The quantitative estimate of drug-likeness (QED) is 0.712. The molecule has 0 spiro atoms. The average molecular weight is 214 g/mol. The molecule has 0 N–H and O–H groups in total. The Kier molecular flexibility index (Phi) is 2.03. The first kappa shape index (κ1) is 9.52. The van der Waals surface area contributed by atoms with E-state index >= 15 is 0 Å². The summed E-state index contributed by atoms with van der Waals surface area (Å²) in [4.78, 5) is 0. The van der Waals surface area contributed by atoms with Crippen molar-refractivity contribution in [2.24, 2.45) is 0 Å². The van der Waals surface area contributed by atoms with Crippen molar-refractivity contribution in [3.05, 3.63) is 42.2 Å². The Morgan fingerprint density at radius 1 is 1.50 bits per heavy atom. The molecule has 1 aromatic heterocycles. The fraction of sp³-hybridized carbons (Fsp3) is 0.286. The van der Waals surface area contributed by atoms with Crippen LogP contribution in [-0.4, -0.2) is 7.11 Å². The van der Waals surface area contributed by atoms with E-state index in [4.69, 9.17) is 9.15 Å². The molecule has 1 unspecified atom stereocenters. The Hall–Kier alpha value is -1.70. The van der Waals surface area contributed by atoms with E-state index in [-0.39, 0.29) is 0 Å². The number of aryl methyl sites for hydroxylation is 1. The number of ether oxygens (including phenoxy) is 1. The summed E-state index contributed by atoms with van der Waals surface area (Å²) in [6.45, 7) is 3.89. The molecule has 2 nitrogen and oxygen atoms in total. The van der Waals surface area contributed by atoms with Crippen LogP contribution >= 0.6 is 0 Å². The van der Waals surface area contributed by atoms with Gasteiger partial charge in [0.25, 0.3) is 0 Å². The molecule has 0 radical (unpaired) electrons. The molecule has 0 saturated heterocycles. The summed E-state index contributed by atoms with van der Waals surface area (Å²) in [5.41, 5.74) is 3.49. The van der Waals surface area contributed by atoms with Crippen molar-refractivity contribution in [2.75, 3.05) is 7.11 Å². The van der Waals surface area contributed by atoms with E-state index in [2.05, 4.69) is 12.6 Å².